The van der Waals surface area contributed by atoms with E-state index in [0.29, 0.717) is 5.41 Å². The second-order valence-corrected chi connectivity index (χ2v) is 5.65. The fourth-order valence-electron chi connectivity index (χ4n) is 2.11. The second-order valence-electron chi connectivity index (χ2n) is 5.65. The van der Waals surface area contributed by atoms with Crippen molar-refractivity contribution >= 4 is 5.91 Å². The van der Waals surface area contributed by atoms with Crippen molar-refractivity contribution in [1.29, 1.82) is 0 Å². The zero-order valence-electron chi connectivity index (χ0n) is 11.2. The van der Waals surface area contributed by atoms with Crippen LogP contribution >= 0.6 is 0 Å². The Bertz CT molecular complexity index is 390. The average molecular weight is 247 g/mol. The van der Waals surface area contributed by atoms with Crippen LogP contribution in [0.4, 0.5) is 0 Å². The number of carbonyl (C=O) groups is 1. The minimum absolute atomic E-state index is 0.0920. The van der Waals surface area contributed by atoms with Gasteiger partial charge < -0.3 is 9.64 Å². The van der Waals surface area contributed by atoms with Crippen molar-refractivity contribution in [2.45, 2.75) is 26.7 Å². The smallest absolute Gasteiger partial charge is 0.260 e. The predicted molar refractivity (Wildman–Crippen MR) is 71.5 cm³/mol. The molecule has 0 radical (unpaired) electrons. The van der Waals surface area contributed by atoms with Crippen molar-refractivity contribution in [2.24, 2.45) is 5.41 Å². The summed E-state index contributed by atoms with van der Waals surface area (Å²) in [7, 11) is 0. The Labute approximate surface area is 109 Å². The molecule has 0 aliphatic carbocycles. The molecule has 1 aromatic rings. The number of amides is 1. The Hall–Kier alpha value is -1.51. The van der Waals surface area contributed by atoms with Crippen molar-refractivity contribution in [3.63, 3.8) is 0 Å². The summed E-state index contributed by atoms with van der Waals surface area (Å²) in [5.74, 6) is 0.845. The zero-order valence-corrected chi connectivity index (χ0v) is 11.2. The molecule has 1 fully saturated rings. The third-order valence-electron chi connectivity index (χ3n) is 3.58. The van der Waals surface area contributed by atoms with E-state index in [0.717, 1.165) is 31.7 Å². The van der Waals surface area contributed by atoms with Gasteiger partial charge in [0.25, 0.3) is 5.91 Å². The first-order valence-corrected chi connectivity index (χ1v) is 6.52. The number of benzene rings is 1. The molecular weight excluding hydrogens is 226 g/mol. The van der Waals surface area contributed by atoms with Crippen LogP contribution in [0.2, 0.25) is 0 Å². The number of hydrogen-bond acceptors (Lipinski definition) is 2. The zero-order chi connectivity index (χ0) is 13.0. The van der Waals surface area contributed by atoms with E-state index in [4.69, 9.17) is 4.74 Å². The number of rotatable bonds is 3. The van der Waals surface area contributed by atoms with Gasteiger partial charge >= 0.3 is 0 Å². The van der Waals surface area contributed by atoms with Crippen molar-refractivity contribution in [2.75, 3.05) is 19.7 Å². The fraction of sp³-hybridized carbons (Fsp3) is 0.533. The van der Waals surface area contributed by atoms with Crippen LogP contribution < -0.4 is 4.74 Å². The summed E-state index contributed by atoms with van der Waals surface area (Å²) in [6.45, 7) is 6.36. The third kappa shape index (κ3) is 3.49. The van der Waals surface area contributed by atoms with Gasteiger partial charge in [0.05, 0.1) is 0 Å². The lowest BCUT2D eigenvalue weighted by atomic mass is 9.83. The van der Waals surface area contributed by atoms with Gasteiger partial charge in [-0.3, -0.25) is 4.79 Å². The standard InChI is InChI=1S/C15H21NO2/c1-15(2)8-10-16(11-9-15)14(17)12-18-13-6-4-3-5-7-13/h3-7H,8-12H2,1-2H3. The molecule has 3 heteroatoms. The number of nitrogens with zero attached hydrogens (tertiary/aromatic N) is 1. The lowest BCUT2D eigenvalue weighted by Gasteiger charge is -2.36. The van der Waals surface area contributed by atoms with Crippen LogP contribution in [-0.2, 0) is 4.79 Å². The van der Waals surface area contributed by atoms with Crippen LogP contribution in [0.15, 0.2) is 30.3 Å². The SMILES string of the molecule is CC1(C)CCN(C(=O)COc2ccccc2)CC1. The maximum Gasteiger partial charge on any atom is 0.260 e. The molecule has 1 heterocycles. The molecule has 1 saturated heterocycles. The van der Waals surface area contributed by atoms with Gasteiger partial charge in [-0.25, -0.2) is 0 Å². The summed E-state index contributed by atoms with van der Waals surface area (Å²) in [6.07, 6.45) is 2.15. The highest BCUT2D eigenvalue weighted by molar-refractivity contribution is 5.77. The van der Waals surface area contributed by atoms with E-state index in [1.165, 1.54) is 0 Å². The Balaban J connectivity index is 1.79. The molecule has 3 nitrogen and oxygen atoms in total. The first-order chi connectivity index (χ1) is 8.57. The van der Waals surface area contributed by atoms with E-state index in [1.807, 2.05) is 35.2 Å². The van der Waals surface area contributed by atoms with Crippen LogP contribution in [-0.4, -0.2) is 30.5 Å². The fourth-order valence-corrected chi connectivity index (χ4v) is 2.11. The maximum atomic E-state index is 12.0. The Kier molecular flexibility index (Phi) is 3.90. The molecule has 0 unspecified atom stereocenters. The molecule has 0 atom stereocenters. The molecule has 98 valence electrons. The van der Waals surface area contributed by atoms with Crippen LogP contribution in [0, 0.1) is 5.41 Å². The molecule has 1 amide bonds. The minimum atomic E-state index is 0.0920. The monoisotopic (exact) mass is 247 g/mol. The Morgan fingerprint density at radius 3 is 2.44 bits per heavy atom. The molecule has 0 N–H and O–H groups in total. The molecule has 0 aromatic heterocycles. The van der Waals surface area contributed by atoms with Gasteiger partial charge in [0, 0.05) is 13.1 Å². The Morgan fingerprint density at radius 1 is 1.22 bits per heavy atom. The number of ether oxygens (including phenoxy) is 1. The van der Waals surface area contributed by atoms with Gasteiger partial charge in [-0.15, -0.1) is 0 Å². The summed E-state index contributed by atoms with van der Waals surface area (Å²) >= 11 is 0. The number of hydrogen-bond donors (Lipinski definition) is 0. The van der Waals surface area contributed by atoms with Gasteiger partial charge in [0.1, 0.15) is 5.75 Å². The Morgan fingerprint density at radius 2 is 1.83 bits per heavy atom. The molecule has 1 aliphatic heterocycles. The summed E-state index contributed by atoms with van der Waals surface area (Å²) in [5, 5.41) is 0. The lowest BCUT2D eigenvalue weighted by Crippen LogP contribution is -2.43. The van der Waals surface area contributed by atoms with Crippen LogP contribution in [0.1, 0.15) is 26.7 Å². The number of para-hydroxylation sites is 1. The number of likely N-dealkylation sites (tertiary alicyclic amines) is 1. The van der Waals surface area contributed by atoms with E-state index in [2.05, 4.69) is 13.8 Å². The van der Waals surface area contributed by atoms with Gasteiger partial charge in [-0.2, -0.15) is 0 Å². The number of carbonyl (C=O) groups excluding carboxylic acids is 1. The van der Waals surface area contributed by atoms with Crippen LogP contribution in [0.3, 0.4) is 0 Å². The second kappa shape index (κ2) is 5.42. The molecular formula is C15H21NO2. The molecule has 2 rings (SSSR count). The maximum absolute atomic E-state index is 12.0. The number of piperidine rings is 1. The average Bonchev–Trinajstić information content (AvgIpc) is 2.37. The first-order valence-electron chi connectivity index (χ1n) is 6.52. The lowest BCUT2D eigenvalue weighted by molar-refractivity contribution is -0.135. The van der Waals surface area contributed by atoms with E-state index in [9.17, 15) is 4.79 Å². The highest BCUT2D eigenvalue weighted by Crippen LogP contribution is 2.29. The van der Waals surface area contributed by atoms with Crippen LogP contribution in [0.5, 0.6) is 5.75 Å². The van der Waals surface area contributed by atoms with Crippen molar-refractivity contribution in [1.82, 2.24) is 4.90 Å². The molecule has 0 saturated carbocycles. The molecule has 18 heavy (non-hydrogen) atoms. The minimum Gasteiger partial charge on any atom is -0.484 e. The summed E-state index contributed by atoms with van der Waals surface area (Å²) in [4.78, 5) is 13.9. The summed E-state index contributed by atoms with van der Waals surface area (Å²) in [6, 6.07) is 9.48. The third-order valence-corrected chi connectivity index (χ3v) is 3.58. The van der Waals surface area contributed by atoms with Gasteiger partial charge in [-0.1, -0.05) is 32.0 Å². The first kappa shape index (κ1) is 12.9. The van der Waals surface area contributed by atoms with Gasteiger partial charge in [-0.05, 0) is 30.4 Å². The normalized spacial score (nSPS) is 18.4. The molecule has 1 aliphatic rings. The summed E-state index contributed by atoms with van der Waals surface area (Å²) < 4.78 is 5.48. The molecule has 0 spiro atoms. The van der Waals surface area contributed by atoms with Crippen molar-refractivity contribution < 1.29 is 9.53 Å². The van der Waals surface area contributed by atoms with E-state index < -0.39 is 0 Å². The predicted octanol–water partition coefficient (Wildman–Crippen LogP) is 2.71. The quantitative estimate of drug-likeness (QED) is 0.822. The topological polar surface area (TPSA) is 29.5 Å². The van der Waals surface area contributed by atoms with Crippen molar-refractivity contribution in [3.8, 4) is 5.75 Å². The van der Waals surface area contributed by atoms with E-state index in [1.54, 1.807) is 0 Å². The van der Waals surface area contributed by atoms with E-state index in [-0.39, 0.29) is 12.5 Å². The molecule has 0 bridgehead atoms. The largest absolute Gasteiger partial charge is 0.484 e. The van der Waals surface area contributed by atoms with Gasteiger partial charge in [0.2, 0.25) is 0 Å². The van der Waals surface area contributed by atoms with Crippen molar-refractivity contribution in [3.05, 3.63) is 30.3 Å². The van der Waals surface area contributed by atoms with E-state index >= 15 is 0 Å². The highest BCUT2D eigenvalue weighted by Gasteiger charge is 2.27. The van der Waals surface area contributed by atoms with Gasteiger partial charge in [0.15, 0.2) is 6.61 Å². The summed E-state index contributed by atoms with van der Waals surface area (Å²) in [5.41, 5.74) is 0.372. The highest BCUT2D eigenvalue weighted by atomic mass is 16.5. The molecule has 1 aromatic carbocycles. The van der Waals surface area contributed by atoms with Crippen LogP contribution in [0.25, 0.3) is 0 Å².